The normalized spacial score (nSPS) is 17.0. The number of hydrogen-bond acceptors (Lipinski definition) is 5. The third-order valence-corrected chi connectivity index (χ3v) is 5.06. The van der Waals surface area contributed by atoms with Crippen molar-refractivity contribution in [2.24, 2.45) is 4.99 Å². The number of esters is 1. The van der Waals surface area contributed by atoms with Gasteiger partial charge in [0.1, 0.15) is 5.75 Å². The summed E-state index contributed by atoms with van der Waals surface area (Å²) >= 11 is 1.55. The molecular weight excluding hydrogens is 334 g/mol. The molecule has 0 amide bonds. The van der Waals surface area contributed by atoms with E-state index in [1.807, 2.05) is 30.4 Å². The number of hydrogen-bond donors (Lipinski definition) is 1. The van der Waals surface area contributed by atoms with Gasteiger partial charge in [-0.25, -0.2) is 4.79 Å². The number of ether oxygens (including phenoxy) is 1. The van der Waals surface area contributed by atoms with Crippen LogP contribution in [0.15, 0.2) is 54.1 Å². The molecule has 128 valence electrons. The van der Waals surface area contributed by atoms with Gasteiger partial charge in [0.05, 0.1) is 12.2 Å². The van der Waals surface area contributed by atoms with Crippen LogP contribution in [0.25, 0.3) is 16.8 Å². The predicted octanol–water partition coefficient (Wildman–Crippen LogP) is 3.97. The van der Waals surface area contributed by atoms with Crippen molar-refractivity contribution >= 4 is 39.6 Å². The maximum atomic E-state index is 11.5. The topological polar surface area (TPSA) is 58.9 Å². The van der Waals surface area contributed by atoms with E-state index in [1.54, 1.807) is 23.9 Å². The van der Waals surface area contributed by atoms with Crippen molar-refractivity contribution in [3.63, 3.8) is 0 Å². The van der Waals surface area contributed by atoms with Crippen LogP contribution in [0.2, 0.25) is 0 Å². The Bertz CT molecular complexity index is 886. The Labute approximate surface area is 150 Å². The first-order valence-electron chi connectivity index (χ1n) is 7.94. The van der Waals surface area contributed by atoms with E-state index in [4.69, 9.17) is 4.74 Å². The van der Waals surface area contributed by atoms with Crippen LogP contribution in [0.4, 0.5) is 0 Å². The second-order valence-electron chi connectivity index (χ2n) is 5.69. The maximum Gasteiger partial charge on any atom is 0.331 e. The van der Waals surface area contributed by atoms with Crippen LogP contribution < -0.4 is 0 Å². The molecule has 4 nitrogen and oxygen atoms in total. The largest absolute Gasteiger partial charge is 0.508 e. The predicted molar refractivity (Wildman–Crippen MR) is 104 cm³/mol. The quantitative estimate of drug-likeness (QED) is 0.653. The lowest BCUT2D eigenvalue weighted by atomic mass is 9.99. The van der Waals surface area contributed by atoms with Gasteiger partial charge in [0.2, 0.25) is 0 Å². The van der Waals surface area contributed by atoms with E-state index < -0.39 is 6.04 Å². The van der Waals surface area contributed by atoms with Gasteiger partial charge in [0.25, 0.3) is 0 Å². The summed E-state index contributed by atoms with van der Waals surface area (Å²) in [6.07, 6.45) is 6.31. The van der Waals surface area contributed by atoms with Gasteiger partial charge in [0.15, 0.2) is 6.04 Å². The fraction of sp³-hybridized carbons (Fsp3) is 0.200. The maximum absolute atomic E-state index is 11.5. The van der Waals surface area contributed by atoms with E-state index in [0.717, 1.165) is 26.9 Å². The Morgan fingerprint density at radius 2 is 2.24 bits per heavy atom. The van der Waals surface area contributed by atoms with Gasteiger partial charge in [-0.15, -0.1) is 18.3 Å². The average Bonchev–Trinajstić information content (AvgIpc) is 3.10. The first-order chi connectivity index (χ1) is 12.1. The molecule has 0 fully saturated rings. The Balaban J connectivity index is 1.84. The van der Waals surface area contributed by atoms with Crippen molar-refractivity contribution in [2.75, 3.05) is 12.9 Å². The molecule has 0 aromatic heterocycles. The van der Waals surface area contributed by atoms with Gasteiger partial charge < -0.3 is 9.84 Å². The van der Waals surface area contributed by atoms with Crippen LogP contribution in [0.1, 0.15) is 11.1 Å². The molecule has 2 aromatic rings. The smallest absolute Gasteiger partial charge is 0.331 e. The molecule has 2 aromatic carbocycles. The molecule has 5 heteroatoms. The SMILES string of the molecule is C=CCc1c(O)ccc2cc(/C=C/C3=N[C@@H](C(=O)OC)CS3)ccc12. The molecule has 0 aliphatic carbocycles. The number of rotatable bonds is 5. The molecule has 0 unspecified atom stereocenters. The summed E-state index contributed by atoms with van der Waals surface area (Å²) in [5.74, 6) is 0.617. The number of allylic oxidation sites excluding steroid dienone is 1. The van der Waals surface area contributed by atoms with Gasteiger partial charge in [0, 0.05) is 11.3 Å². The number of thioether (sulfide) groups is 1. The number of aromatic hydroxyl groups is 1. The number of carbonyl (C=O) groups is 1. The third-order valence-electron chi connectivity index (χ3n) is 4.04. The second-order valence-corrected chi connectivity index (χ2v) is 6.73. The van der Waals surface area contributed by atoms with Crippen molar-refractivity contribution < 1.29 is 14.6 Å². The highest BCUT2D eigenvalue weighted by molar-refractivity contribution is 8.14. The number of methoxy groups -OCH3 is 1. The number of carbonyl (C=O) groups excluding carboxylic acids is 1. The van der Waals surface area contributed by atoms with E-state index in [1.165, 1.54) is 7.11 Å². The minimum Gasteiger partial charge on any atom is -0.508 e. The molecule has 1 aliphatic heterocycles. The number of nitrogens with zero attached hydrogens (tertiary/aromatic N) is 1. The minimum absolute atomic E-state index is 0.293. The molecule has 1 aliphatic rings. The molecule has 1 N–H and O–H groups in total. The van der Waals surface area contributed by atoms with E-state index in [-0.39, 0.29) is 5.97 Å². The Kier molecular flexibility index (Phi) is 5.24. The van der Waals surface area contributed by atoms with Crippen molar-refractivity contribution in [1.29, 1.82) is 0 Å². The summed E-state index contributed by atoms with van der Waals surface area (Å²) in [5.41, 5.74) is 1.92. The molecule has 0 bridgehead atoms. The van der Waals surface area contributed by atoms with Crippen LogP contribution >= 0.6 is 11.8 Å². The molecule has 0 saturated heterocycles. The van der Waals surface area contributed by atoms with E-state index in [2.05, 4.69) is 17.6 Å². The molecular formula is C20H19NO3S. The second kappa shape index (κ2) is 7.57. The Morgan fingerprint density at radius 3 is 3.00 bits per heavy atom. The van der Waals surface area contributed by atoms with Crippen molar-refractivity contribution in [2.45, 2.75) is 12.5 Å². The summed E-state index contributed by atoms with van der Waals surface area (Å²) in [6.45, 7) is 3.75. The molecule has 25 heavy (non-hydrogen) atoms. The summed E-state index contributed by atoms with van der Waals surface area (Å²) in [4.78, 5) is 15.9. The van der Waals surface area contributed by atoms with E-state index in [9.17, 15) is 9.90 Å². The molecule has 0 spiro atoms. The number of phenolic OH excluding ortho intramolecular Hbond substituents is 1. The number of aliphatic imine (C=N–C) groups is 1. The average molecular weight is 353 g/mol. The lowest BCUT2D eigenvalue weighted by Gasteiger charge is -2.08. The van der Waals surface area contributed by atoms with Gasteiger partial charge in [-0.3, -0.25) is 4.99 Å². The zero-order chi connectivity index (χ0) is 17.8. The number of fused-ring (bicyclic) bond motifs is 1. The van der Waals surface area contributed by atoms with E-state index >= 15 is 0 Å². The third kappa shape index (κ3) is 3.77. The summed E-state index contributed by atoms with van der Waals surface area (Å²) in [7, 11) is 1.38. The van der Waals surface area contributed by atoms with Crippen LogP contribution in [0, 0.1) is 0 Å². The lowest BCUT2D eigenvalue weighted by molar-refractivity contribution is -0.141. The summed E-state index contributed by atoms with van der Waals surface area (Å²) < 4.78 is 4.72. The molecule has 3 rings (SSSR count). The van der Waals surface area contributed by atoms with Gasteiger partial charge in [-0.05, 0) is 41.0 Å². The number of phenols is 1. The molecule has 1 heterocycles. The minimum atomic E-state index is -0.407. The van der Waals surface area contributed by atoms with Crippen LogP contribution in [-0.4, -0.2) is 35.0 Å². The van der Waals surface area contributed by atoms with Crippen molar-refractivity contribution in [3.05, 3.63) is 60.2 Å². The zero-order valence-corrected chi connectivity index (χ0v) is 14.8. The van der Waals surface area contributed by atoms with Gasteiger partial charge in [-0.2, -0.15) is 0 Å². The fourth-order valence-electron chi connectivity index (χ4n) is 2.77. The molecule has 0 radical (unpaired) electrons. The monoisotopic (exact) mass is 353 g/mol. The van der Waals surface area contributed by atoms with Gasteiger partial charge >= 0.3 is 5.97 Å². The molecule has 1 atom stereocenters. The first kappa shape index (κ1) is 17.3. The summed E-state index contributed by atoms with van der Waals surface area (Å²) in [6, 6.07) is 9.29. The number of benzene rings is 2. The highest BCUT2D eigenvalue weighted by Crippen LogP contribution is 2.29. The zero-order valence-electron chi connectivity index (χ0n) is 13.9. The van der Waals surface area contributed by atoms with E-state index in [0.29, 0.717) is 17.9 Å². The van der Waals surface area contributed by atoms with Crippen LogP contribution in [0.3, 0.4) is 0 Å². The van der Waals surface area contributed by atoms with Crippen molar-refractivity contribution in [1.82, 2.24) is 0 Å². The molecule has 0 saturated carbocycles. The van der Waals surface area contributed by atoms with Crippen molar-refractivity contribution in [3.8, 4) is 5.75 Å². The fourth-order valence-corrected chi connectivity index (χ4v) is 3.68. The van der Waals surface area contributed by atoms with Crippen LogP contribution in [0.5, 0.6) is 5.75 Å². The summed E-state index contributed by atoms with van der Waals surface area (Å²) in [5, 5.41) is 12.9. The Morgan fingerprint density at radius 1 is 1.40 bits per heavy atom. The van der Waals surface area contributed by atoms with Gasteiger partial charge in [-0.1, -0.05) is 30.4 Å². The lowest BCUT2D eigenvalue weighted by Crippen LogP contribution is -2.19. The van der Waals surface area contributed by atoms with Crippen LogP contribution in [-0.2, 0) is 16.0 Å². The standard InChI is InChI=1S/C20H19NO3S/c1-3-4-16-15-8-5-13(11-14(15)7-9-18(16)22)6-10-19-21-17(12-25-19)20(23)24-2/h3,5-11,17,22H,1,4,12H2,2H3/b10-6+/t17-/m1/s1. The first-order valence-corrected chi connectivity index (χ1v) is 8.93. The highest BCUT2D eigenvalue weighted by atomic mass is 32.2. The Hall–Kier alpha value is -2.53. The highest BCUT2D eigenvalue weighted by Gasteiger charge is 2.24.